The summed E-state index contributed by atoms with van der Waals surface area (Å²) in [5.41, 5.74) is 1.75. The van der Waals surface area contributed by atoms with Crippen LogP contribution in [0.15, 0.2) is 54.9 Å². The SMILES string of the molecule is Oc1ccc2cncc(-c3ccc(F)cc3)c2c1. The maximum Gasteiger partial charge on any atom is 0.123 e. The first-order valence-corrected chi connectivity index (χ1v) is 5.57. The highest BCUT2D eigenvalue weighted by molar-refractivity contribution is 5.96. The summed E-state index contributed by atoms with van der Waals surface area (Å²) in [6, 6.07) is 11.4. The molecule has 1 N–H and O–H groups in total. The highest BCUT2D eigenvalue weighted by Crippen LogP contribution is 2.29. The maximum atomic E-state index is 12.9. The van der Waals surface area contributed by atoms with Crippen molar-refractivity contribution in [2.24, 2.45) is 0 Å². The fourth-order valence-electron chi connectivity index (χ4n) is 2.01. The molecule has 1 aromatic heterocycles. The number of phenolic OH excluding ortho intramolecular Hbond substituents is 1. The van der Waals surface area contributed by atoms with Crippen LogP contribution in [0.3, 0.4) is 0 Å². The van der Waals surface area contributed by atoms with Gasteiger partial charge in [-0.2, -0.15) is 0 Å². The number of phenols is 1. The number of hydrogen-bond donors (Lipinski definition) is 1. The van der Waals surface area contributed by atoms with E-state index in [1.54, 1.807) is 36.7 Å². The Labute approximate surface area is 103 Å². The molecular weight excluding hydrogens is 229 g/mol. The molecule has 0 unspecified atom stereocenters. The summed E-state index contributed by atoms with van der Waals surface area (Å²) in [5, 5.41) is 11.4. The van der Waals surface area contributed by atoms with Crippen molar-refractivity contribution in [3.63, 3.8) is 0 Å². The van der Waals surface area contributed by atoms with Gasteiger partial charge in [-0.15, -0.1) is 0 Å². The molecule has 0 bridgehead atoms. The van der Waals surface area contributed by atoms with Crippen molar-refractivity contribution in [2.75, 3.05) is 0 Å². The van der Waals surface area contributed by atoms with Gasteiger partial charge in [0, 0.05) is 23.3 Å². The van der Waals surface area contributed by atoms with E-state index in [1.807, 2.05) is 6.07 Å². The third kappa shape index (κ3) is 1.80. The Morgan fingerprint density at radius 1 is 0.944 bits per heavy atom. The van der Waals surface area contributed by atoms with E-state index in [0.717, 1.165) is 21.9 Å². The molecule has 0 atom stereocenters. The Bertz CT molecular complexity index is 707. The zero-order valence-electron chi connectivity index (χ0n) is 9.47. The lowest BCUT2D eigenvalue weighted by atomic mass is 10.0. The van der Waals surface area contributed by atoms with Crippen LogP contribution in [-0.2, 0) is 0 Å². The maximum absolute atomic E-state index is 12.9. The molecule has 18 heavy (non-hydrogen) atoms. The number of nitrogens with zero attached hydrogens (tertiary/aromatic N) is 1. The summed E-state index contributed by atoms with van der Waals surface area (Å²) in [5.74, 6) is -0.0631. The van der Waals surface area contributed by atoms with Crippen LogP contribution < -0.4 is 0 Å². The largest absolute Gasteiger partial charge is 0.508 e. The van der Waals surface area contributed by atoms with Gasteiger partial charge in [-0.05, 0) is 41.3 Å². The predicted octanol–water partition coefficient (Wildman–Crippen LogP) is 3.75. The van der Waals surface area contributed by atoms with E-state index in [9.17, 15) is 9.50 Å². The quantitative estimate of drug-likeness (QED) is 0.701. The number of pyridine rings is 1. The van der Waals surface area contributed by atoms with E-state index in [4.69, 9.17) is 0 Å². The molecule has 0 aliphatic carbocycles. The molecule has 88 valence electrons. The van der Waals surface area contributed by atoms with E-state index in [-0.39, 0.29) is 11.6 Å². The molecule has 2 nitrogen and oxygen atoms in total. The number of hydrogen-bond acceptors (Lipinski definition) is 2. The zero-order valence-corrected chi connectivity index (χ0v) is 9.47. The number of fused-ring (bicyclic) bond motifs is 1. The second kappa shape index (κ2) is 4.11. The van der Waals surface area contributed by atoms with Gasteiger partial charge in [-0.25, -0.2) is 4.39 Å². The van der Waals surface area contributed by atoms with Crippen LogP contribution in [0.2, 0.25) is 0 Å². The molecule has 0 fully saturated rings. The topological polar surface area (TPSA) is 33.1 Å². The van der Waals surface area contributed by atoms with Crippen LogP contribution in [0.1, 0.15) is 0 Å². The van der Waals surface area contributed by atoms with Gasteiger partial charge >= 0.3 is 0 Å². The highest BCUT2D eigenvalue weighted by atomic mass is 19.1. The summed E-state index contributed by atoms with van der Waals surface area (Å²) in [6.45, 7) is 0. The lowest BCUT2D eigenvalue weighted by Crippen LogP contribution is -1.84. The number of aromatic hydroxyl groups is 1. The normalized spacial score (nSPS) is 10.7. The van der Waals surface area contributed by atoms with Crippen LogP contribution in [0, 0.1) is 5.82 Å². The lowest BCUT2D eigenvalue weighted by molar-refractivity contribution is 0.476. The monoisotopic (exact) mass is 239 g/mol. The minimum absolute atomic E-state index is 0.206. The third-order valence-electron chi connectivity index (χ3n) is 2.90. The summed E-state index contributed by atoms with van der Waals surface area (Å²) >= 11 is 0. The minimum atomic E-state index is -0.269. The van der Waals surface area contributed by atoms with E-state index < -0.39 is 0 Å². The first kappa shape index (κ1) is 10.7. The molecule has 3 aromatic rings. The Balaban J connectivity index is 2.28. The van der Waals surface area contributed by atoms with Crippen molar-refractivity contribution >= 4 is 10.8 Å². The standard InChI is InChI=1S/C15H10FNO/c16-12-4-1-10(2-5-12)15-9-17-8-11-3-6-13(18)7-14(11)15/h1-9,18H. The van der Waals surface area contributed by atoms with Crippen molar-refractivity contribution < 1.29 is 9.50 Å². The molecule has 0 saturated heterocycles. The summed E-state index contributed by atoms with van der Waals surface area (Å²) < 4.78 is 12.9. The summed E-state index contributed by atoms with van der Waals surface area (Å²) in [7, 11) is 0. The van der Waals surface area contributed by atoms with Gasteiger partial charge in [-0.3, -0.25) is 4.98 Å². The Morgan fingerprint density at radius 3 is 2.50 bits per heavy atom. The molecule has 0 saturated carbocycles. The first-order chi connectivity index (χ1) is 8.74. The molecule has 1 heterocycles. The second-order valence-electron chi connectivity index (χ2n) is 4.10. The minimum Gasteiger partial charge on any atom is -0.508 e. The van der Waals surface area contributed by atoms with Crippen LogP contribution in [0.5, 0.6) is 5.75 Å². The summed E-state index contributed by atoms with van der Waals surface area (Å²) in [6.07, 6.45) is 3.46. The van der Waals surface area contributed by atoms with Crippen molar-refractivity contribution in [1.29, 1.82) is 0 Å². The third-order valence-corrected chi connectivity index (χ3v) is 2.90. The fourth-order valence-corrected chi connectivity index (χ4v) is 2.01. The number of aromatic nitrogens is 1. The van der Waals surface area contributed by atoms with Gasteiger partial charge in [0.05, 0.1) is 0 Å². The molecule has 3 heteroatoms. The molecule has 0 aliphatic rings. The lowest BCUT2D eigenvalue weighted by Gasteiger charge is -2.06. The van der Waals surface area contributed by atoms with Crippen LogP contribution in [-0.4, -0.2) is 10.1 Å². The van der Waals surface area contributed by atoms with E-state index in [2.05, 4.69) is 4.98 Å². The van der Waals surface area contributed by atoms with E-state index in [0.29, 0.717) is 0 Å². The van der Waals surface area contributed by atoms with Gasteiger partial charge in [0.1, 0.15) is 11.6 Å². The number of benzene rings is 2. The first-order valence-electron chi connectivity index (χ1n) is 5.57. The molecule has 3 rings (SSSR count). The van der Waals surface area contributed by atoms with Gasteiger partial charge in [0.15, 0.2) is 0 Å². The molecule has 0 spiro atoms. The van der Waals surface area contributed by atoms with Crippen molar-refractivity contribution in [3.05, 3.63) is 60.7 Å². The van der Waals surface area contributed by atoms with Gasteiger partial charge in [0.2, 0.25) is 0 Å². The highest BCUT2D eigenvalue weighted by Gasteiger charge is 2.05. The van der Waals surface area contributed by atoms with Crippen LogP contribution in [0.25, 0.3) is 21.9 Å². The Kier molecular flexibility index (Phi) is 2.45. The van der Waals surface area contributed by atoms with Crippen LogP contribution in [0.4, 0.5) is 4.39 Å². The molecule has 0 radical (unpaired) electrons. The Morgan fingerprint density at radius 2 is 1.72 bits per heavy atom. The summed E-state index contributed by atoms with van der Waals surface area (Å²) in [4.78, 5) is 4.17. The van der Waals surface area contributed by atoms with Crippen LogP contribution >= 0.6 is 0 Å². The van der Waals surface area contributed by atoms with Gasteiger partial charge in [0.25, 0.3) is 0 Å². The smallest absolute Gasteiger partial charge is 0.123 e. The average molecular weight is 239 g/mol. The van der Waals surface area contributed by atoms with Crippen molar-refractivity contribution in [1.82, 2.24) is 4.98 Å². The molecule has 2 aromatic carbocycles. The second-order valence-corrected chi connectivity index (χ2v) is 4.10. The van der Waals surface area contributed by atoms with Gasteiger partial charge in [-0.1, -0.05) is 12.1 Å². The molecule has 0 amide bonds. The van der Waals surface area contributed by atoms with Gasteiger partial charge < -0.3 is 5.11 Å². The molecule has 0 aliphatic heterocycles. The number of rotatable bonds is 1. The average Bonchev–Trinajstić information content (AvgIpc) is 2.39. The fraction of sp³-hybridized carbons (Fsp3) is 0. The van der Waals surface area contributed by atoms with Crippen molar-refractivity contribution in [3.8, 4) is 16.9 Å². The van der Waals surface area contributed by atoms with Crippen molar-refractivity contribution in [2.45, 2.75) is 0 Å². The Hall–Kier alpha value is -2.42. The molecular formula is C15H10FNO. The number of halogens is 1. The predicted molar refractivity (Wildman–Crippen MR) is 68.8 cm³/mol. The zero-order chi connectivity index (χ0) is 12.5. The van der Waals surface area contributed by atoms with E-state index in [1.165, 1.54) is 12.1 Å². The van der Waals surface area contributed by atoms with E-state index >= 15 is 0 Å².